The van der Waals surface area contributed by atoms with Gasteiger partial charge in [0.1, 0.15) is 5.82 Å². The van der Waals surface area contributed by atoms with E-state index >= 15 is 0 Å². The standard InChI is InChI=1S/C14H21N3O3/c1-5-10-6-9(12(18)19)7-11(17-10)16-8-14(2,3)13(20)15-4/h6-7H,5,8H2,1-4H3,(H,15,20)(H,16,17)(H,18,19). The second-order valence-electron chi connectivity index (χ2n) is 5.21. The normalized spacial score (nSPS) is 11.0. The molecule has 0 atom stereocenters. The predicted molar refractivity (Wildman–Crippen MR) is 76.9 cm³/mol. The number of anilines is 1. The van der Waals surface area contributed by atoms with Crippen molar-refractivity contribution in [3.8, 4) is 0 Å². The summed E-state index contributed by atoms with van der Waals surface area (Å²) in [6.07, 6.45) is 0.647. The molecule has 1 heterocycles. The molecule has 0 aliphatic heterocycles. The van der Waals surface area contributed by atoms with Gasteiger partial charge in [0.15, 0.2) is 0 Å². The number of hydrogen-bond acceptors (Lipinski definition) is 4. The van der Waals surface area contributed by atoms with E-state index in [9.17, 15) is 9.59 Å². The summed E-state index contributed by atoms with van der Waals surface area (Å²) < 4.78 is 0. The zero-order valence-electron chi connectivity index (χ0n) is 12.3. The number of nitrogens with zero attached hydrogens (tertiary/aromatic N) is 1. The van der Waals surface area contributed by atoms with Crippen LogP contribution in [-0.4, -0.2) is 35.6 Å². The molecule has 6 heteroatoms. The van der Waals surface area contributed by atoms with Crippen LogP contribution in [0, 0.1) is 5.41 Å². The van der Waals surface area contributed by atoms with Gasteiger partial charge in [-0.05, 0) is 32.4 Å². The largest absolute Gasteiger partial charge is 0.478 e. The van der Waals surface area contributed by atoms with E-state index in [1.54, 1.807) is 27.0 Å². The van der Waals surface area contributed by atoms with Gasteiger partial charge in [-0.15, -0.1) is 0 Å². The van der Waals surface area contributed by atoms with Gasteiger partial charge in [-0.25, -0.2) is 9.78 Å². The van der Waals surface area contributed by atoms with Crippen molar-refractivity contribution in [3.63, 3.8) is 0 Å². The maximum absolute atomic E-state index is 11.7. The van der Waals surface area contributed by atoms with Gasteiger partial charge < -0.3 is 15.7 Å². The first-order valence-corrected chi connectivity index (χ1v) is 6.50. The topological polar surface area (TPSA) is 91.3 Å². The van der Waals surface area contributed by atoms with E-state index in [-0.39, 0.29) is 11.5 Å². The van der Waals surface area contributed by atoms with Crippen molar-refractivity contribution in [3.05, 3.63) is 23.4 Å². The lowest BCUT2D eigenvalue weighted by atomic mass is 9.92. The Balaban J connectivity index is 2.90. The molecule has 1 aromatic heterocycles. The highest BCUT2D eigenvalue weighted by Crippen LogP contribution is 2.17. The molecule has 1 amide bonds. The fourth-order valence-electron chi connectivity index (χ4n) is 1.71. The van der Waals surface area contributed by atoms with Crippen molar-refractivity contribution >= 4 is 17.7 Å². The lowest BCUT2D eigenvalue weighted by Crippen LogP contribution is -2.39. The van der Waals surface area contributed by atoms with Crippen molar-refractivity contribution in [1.29, 1.82) is 0 Å². The Hall–Kier alpha value is -2.11. The average molecular weight is 279 g/mol. The zero-order chi connectivity index (χ0) is 15.3. The number of rotatable bonds is 6. The molecule has 0 aliphatic carbocycles. The van der Waals surface area contributed by atoms with E-state index in [1.165, 1.54) is 6.07 Å². The Bertz CT molecular complexity index is 512. The maximum Gasteiger partial charge on any atom is 0.335 e. The van der Waals surface area contributed by atoms with Crippen LogP contribution in [-0.2, 0) is 11.2 Å². The number of aromatic nitrogens is 1. The molecule has 6 nitrogen and oxygen atoms in total. The molecule has 0 aliphatic rings. The van der Waals surface area contributed by atoms with Gasteiger partial charge in [0.25, 0.3) is 0 Å². The van der Waals surface area contributed by atoms with E-state index in [4.69, 9.17) is 5.11 Å². The van der Waals surface area contributed by atoms with Gasteiger partial charge in [0.2, 0.25) is 5.91 Å². The number of carbonyl (C=O) groups is 2. The van der Waals surface area contributed by atoms with Crippen LogP contribution in [0.5, 0.6) is 0 Å². The first-order valence-electron chi connectivity index (χ1n) is 6.50. The Morgan fingerprint density at radius 1 is 1.35 bits per heavy atom. The molecular weight excluding hydrogens is 258 g/mol. The minimum atomic E-state index is -0.990. The summed E-state index contributed by atoms with van der Waals surface area (Å²) in [5.41, 5.74) is 0.282. The number of carboxylic acids is 1. The number of pyridine rings is 1. The van der Waals surface area contributed by atoms with Gasteiger partial charge in [0.05, 0.1) is 11.0 Å². The number of aryl methyl sites for hydroxylation is 1. The minimum Gasteiger partial charge on any atom is -0.478 e. The van der Waals surface area contributed by atoms with Gasteiger partial charge in [-0.2, -0.15) is 0 Å². The van der Waals surface area contributed by atoms with Crippen molar-refractivity contribution in [1.82, 2.24) is 10.3 Å². The predicted octanol–water partition coefficient (Wildman–Crippen LogP) is 1.53. The summed E-state index contributed by atoms with van der Waals surface area (Å²) in [5, 5.41) is 14.7. The number of carbonyl (C=O) groups excluding carboxylic acids is 1. The van der Waals surface area contributed by atoms with Crippen molar-refractivity contribution in [2.45, 2.75) is 27.2 Å². The Morgan fingerprint density at radius 3 is 2.50 bits per heavy atom. The monoisotopic (exact) mass is 279 g/mol. The first-order chi connectivity index (χ1) is 9.30. The molecule has 20 heavy (non-hydrogen) atoms. The van der Waals surface area contributed by atoms with Crippen LogP contribution in [0.15, 0.2) is 12.1 Å². The number of carboxylic acid groups (broad SMARTS) is 1. The van der Waals surface area contributed by atoms with Crippen molar-refractivity contribution in [2.24, 2.45) is 5.41 Å². The summed E-state index contributed by atoms with van der Waals surface area (Å²) in [4.78, 5) is 27.1. The van der Waals surface area contributed by atoms with Gasteiger partial charge >= 0.3 is 5.97 Å². The van der Waals surface area contributed by atoms with E-state index in [1.807, 2.05) is 6.92 Å². The minimum absolute atomic E-state index is 0.0879. The van der Waals surface area contributed by atoms with E-state index < -0.39 is 11.4 Å². The van der Waals surface area contributed by atoms with Crippen LogP contribution < -0.4 is 10.6 Å². The second kappa shape index (κ2) is 6.36. The number of amides is 1. The summed E-state index contributed by atoms with van der Waals surface area (Å²) in [5.74, 6) is -0.607. The highest BCUT2D eigenvalue weighted by Gasteiger charge is 2.26. The lowest BCUT2D eigenvalue weighted by Gasteiger charge is -2.23. The van der Waals surface area contributed by atoms with Crippen LogP contribution in [0.4, 0.5) is 5.82 Å². The van der Waals surface area contributed by atoms with E-state index in [0.717, 1.165) is 0 Å². The molecular formula is C14H21N3O3. The van der Waals surface area contributed by atoms with Crippen molar-refractivity contribution < 1.29 is 14.7 Å². The number of hydrogen-bond donors (Lipinski definition) is 3. The summed E-state index contributed by atoms with van der Waals surface area (Å²) >= 11 is 0. The highest BCUT2D eigenvalue weighted by atomic mass is 16.4. The Morgan fingerprint density at radius 2 is 2.00 bits per heavy atom. The molecule has 0 spiro atoms. The third-order valence-electron chi connectivity index (χ3n) is 3.04. The van der Waals surface area contributed by atoms with E-state index in [2.05, 4.69) is 15.6 Å². The molecule has 1 aromatic rings. The third-order valence-corrected chi connectivity index (χ3v) is 3.04. The Kier molecular flexibility index (Phi) is 5.07. The second-order valence-corrected chi connectivity index (χ2v) is 5.21. The summed E-state index contributed by atoms with van der Waals surface area (Å²) in [7, 11) is 1.59. The number of nitrogens with one attached hydrogen (secondary N) is 2. The van der Waals surface area contributed by atoms with Crippen LogP contribution in [0.1, 0.15) is 36.8 Å². The summed E-state index contributed by atoms with van der Waals surface area (Å²) in [6, 6.07) is 3.03. The maximum atomic E-state index is 11.7. The quantitative estimate of drug-likeness (QED) is 0.734. The molecule has 110 valence electrons. The number of aromatic carboxylic acids is 1. The van der Waals surface area contributed by atoms with Gasteiger partial charge in [0, 0.05) is 19.3 Å². The SMILES string of the molecule is CCc1cc(C(=O)O)cc(NCC(C)(C)C(=O)NC)n1. The molecule has 0 fully saturated rings. The molecule has 0 aromatic carbocycles. The highest BCUT2D eigenvalue weighted by molar-refractivity contribution is 5.88. The summed E-state index contributed by atoms with van der Waals surface area (Å²) in [6.45, 7) is 5.89. The lowest BCUT2D eigenvalue weighted by molar-refractivity contribution is -0.128. The zero-order valence-corrected chi connectivity index (χ0v) is 12.3. The first kappa shape index (κ1) is 15.9. The van der Waals surface area contributed by atoms with Crippen LogP contribution in [0.2, 0.25) is 0 Å². The smallest absolute Gasteiger partial charge is 0.335 e. The third kappa shape index (κ3) is 3.94. The van der Waals surface area contributed by atoms with Crippen molar-refractivity contribution in [2.75, 3.05) is 18.9 Å². The molecule has 0 unspecified atom stereocenters. The fraction of sp³-hybridized carbons (Fsp3) is 0.500. The van der Waals surface area contributed by atoms with E-state index in [0.29, 0.717) is 24.5 Å². The Labute approximate surface area is 118 Å². The molecule has 0 saturated carbocycles. The van der Waals surface area contributed by atoms with Gasteiger partial charge in [-0.3, -0.25) is 4.79 Å². The fourth-order valence-corrected chi connectivity index (χ4v) is 1.71. The molecule has 0 bridgehead atoms. The molecule has 3 N–H and O–H groups in total. The molecule has 0 radical (unpaired) electrons. The van der Waals surface area contributed by atoms with Crippen LogP contribution in [0.3, 0.4) is 0 Å². The average Bonchev–Trinajstić information content (AvgIpc) is 2.43. The van der Waals surface area contributed by atoms with Crippen LogP contribution >= 0.6 is 0 Å². The van der Waals surface area contributed by atoms with Gasteiger partial charge in [-0.1, -0.05) is 6.92 Å². The molecule has 1 rings (SSSR count). The molecule has 0 saturated heterocycles. The van der Waals surface area contributed by atoms with Crippen LogP contribution in [0.25, 0.3) is 0 Å².